The van der Waals surface area contributed by atoms with Gasteiger partial charge in [-0.05, 0) is 48.9 Å². The van der Waals surface area contributed by atoms with E-state index in [1.165, 1.54) is 0 Å². The second-order valence-electron chi connectivity index (χ2n) is 7.34. The number of anilines is 1. The lowest BCUT2D eigenvalue weighted by Gasteiger charge is -2.44. The summed E-state index contributed by atoms with van der Waals surface area (Å²) in [7, 11) is 0. The molecule has 2 aromatic carbocycles. The summed E-state index contributed by atoms with van der Waals surface area (Å²) in [6, 6.07) is 15.5. The number of benzene rings is 2. The second kappa shape index (κ2) is 7.97. The van der Waals surface area contributed by atoms with Crippen molar-refractivity contribution in [3.8, 4) is 0 Å². The third-order valence-corrected chi connectivity index (χ3v) is 6.39. The lowest BCUT2D eigenvalue weighted by Crippen LogP contribution is -2.54. The van der Waals surface area contributed by atoms with E-state index in [1.54, 1.807) is 11.8 Å². The molecule has 2 amide bonds. The minimum atomic E-state index is -0.504. The molecule has 5 nitrogen and oxygen atoms in total. The first-order valence-corrected chi connectivity index (χ1v) is 10.8. The Morgan fingerprint density at radius 3 is 2.71 bits per heavy atom. The molecule has 0 spiro atoms. The number of thioether (sulfide) groups is 1. The summed E-state index contributed by atoms with van der Waals surface area (Å²) in [5.74, 6) is -0.0430. The number of ether oxygens (including phenoxy) is 1. The van der Waals surface area contributed by atoms with Crippen LogP contribution in [0.15, 0.2) is 53.4 Å². The van der Waals surface area contributed by atoms with Gasteiger partial charge >= 0.3 is 0 Å². The molecule has 0 atom stereocenters. The summed E-state index contributed by atoms with van der Waals surface area (Å²) < 4.78 is 5.55. The number of nitrogens with one attached hydrogen (secondary N) is 1. The van der Waals surface area contributed by atoms with Crippen LogP contribution in [0.5, 0.6) is 0 Å². The van der Waals surface area contributed by atoms with E-state index in [9.17, 15) is 9.59 Å². The van der Waals surface area contributed by atoms with Crippen LogP contribution in [0.1, 0.15) is 35.2 Å². The van der Waals surface area contributed by atoms with Crippen molar-refractivity contribution in [1.29, 1.82) is 0 Å². The Labute approximate surface area is 169 Å². The zero-order valence-electron chi connectivity index (χ0n) is 15.9. The van der Waals surface area contributed by atoms with E-state index in [4.69, 9.17) is 4.74 Å². The normalized spacial score (nSPS) is 18.0. The first kappa shape index (κ1) is 19.0. The van der Waals surface area contributed by atoms with Crippen molar-refractivity contribution in [2.45, 2.75) is 36.2 Å². The van der Waals surface area contributed by atoms with E-state index in [1.807, 2.05) is 59.7 Å². The van der Waals surface area contributed by atoms with E-state index >= 15 is 0 Å². The third-order valence-electron chi connectivity index (χ3n) is 5.66. The van der Waals surface area contributed by atoms with Crippen LogP contribution in [-0.2, 0) is 16.1 Å². The zero-order chi connectivity index (χ0) is 19.6. The summed E-state index contributed by atoms with van der Waals surface area (Å²) in [5.41, 5.74) is 2.07. The topological polar surface area (TPSA) is 58.6 Å². The highest BCUT2D eigenvalue weighted by molar-refractivity contribution is 7.98. The molecular weight excluding hydrogens is 372 g/mol. The molecule has 1 saturated heterocycles. The summed E-state index contributed by atoms with van der Waals surface area (Å²) in [5, 5.41) is 3.02. The van der Waals surface area contributed by atoms with E-state index in [0.29, 0.717) is 32.6 Å². The fourth-order valence-corrected chi connectivity index (χ4v) is 4.60. The van der Waals surface area contributed by atoms with Gasteiger partial charge in [-0.25, -0.2) is 0 Å². The van der Waals surface area contributed by atoms with Crippen LogP contribution >= 0.6 is 11.8 Å². The molecule has 0 bridgehead atoms. The second-order valence-corrected chi connectivity index (χ2v) is 8.22. The van der Waals surface area contributed by atoms with E-state index in [0.717, 1.165) is 21.7 Å². The SMILES string of the molecule is CSc1cccc(NC(=O)CC2(N3Cc4ccccc4C3=O)CCOCC2)c1. The Morgan fingerprint density at radius 1 is 1.18 bits per heavy atom. The van der Waals surface area contributed by atoms with Crippen LogP contribution in [0, 0.1) is 0 Å². The van der Waals surface area contributed by atoms with Crippen molar-refractivity contribution in [3.63, 3.8) is 0 Å². The number of carbonyl (C=O) groups is 2. The molecule has 28 heavy (non-hydrogen) atoms. The molecule has 1 N–H and O–H groups in total. The summed E-state index contributed by atoms with van der Waals surface area (Å²) in [6.45, 7) is 1.69. The molecule has 0 radical (unpaired) electrons. The summed E-state index contributed by atoms with van der Waals surface area (Å²) in [6.07, 6.45) is 3.63. The first-order valence-electron chi connectivity index (χ1n) is 9.53. The average Bonchev–Trinajstić information content (AvgIpc) is 3.06. The molecule has 2 heterocycles. The number of hydrogen-bond acceptors (Lipinski definition) is 4. The number of nitrogens with zero attached hydrogens (tertiary/aromatic N) is 1. The predicted octanol–water partition coefficient (Wildman–Crippen LogP) is 3.94. The largest absolute Gasteiger partial charge is 0.381 e. The monoisotopic (exact) mass is 396 g/mol. The predicted molar refractivity (Wildman–Crippen MR) is 111 cm³/mol. The number of carbonyl (C=O) groups excluding carboxylic acids is 2. The van der Waals surface area contributed by atoms with Gasteiger partial charge in [0.2, 0.25) is 5.91 Å². The Bertz CT molecular complexity index is 893. The Hall–Kier alpha value is -2.31. The molecule has 2 aromatic rings. The summed E-state index contributed by atoms with van der Waals surface area (Å²) >= 11 is 1.64. The highest BCUT2D eigenvalue weighted by Crippen LogP contribution is 2.38. The number of amides is 2. The maximum Gasteiger partial charge on any atom is 0.254 e. The Balaban J connectivity index is 1.55. The fourth-order valence-electron chi connectivity index (χ4n) is 4.14. The van der Waals surface area contributed by atoms with Gasteiger partial charge in [0.1, 0.15) is 0 Å². The molecule has 2 aliphatic rings. The van der Waals surface area contributed by atoms with Gasteiger partial charge in [-0.15, -0.1) is 11.8 Å². The van der Waals surface area contributed by atoms with Gasteiger partial charge in [-0.2, -0.15) is 0 Å². The lowest BCUT2D eigenvalue weighted by atomic mass is 9.84. The van der Waals surface area contributed by atoms with Crippen LogP contribution in [0.4, 0.5) is 5.69 Å². The highest BCUT2D eigenvalue weighted by atomic mass is 32.2. The molecule has 4 rings (SSSR count). The number of fused-ring (bicyclic) bond motifs is 1. The van der Waals surface area contributed by atoms with Crippen molar-refractivity contribution in [3.05, 3.63) is 59.7 Å². The molecule has 1 fully saturated rings. The van der Waals surface area contributed by atoms with Gasteiger partial charge in [0.15, 0.2) is 0 Å². The van der Waals surface area contributed by atoms with E-state index in [-0.39, 0.29) is 18.2 Å². The third kappa shape index (κ3) is 3.66. The Kier molecular flexibility index (Phi) is 5.42. The molecule has 0 saturated carbocycles. The van der Waals surface area contributed by atoms with Gasteiger partial charge in [0.05, 0.1) is 12.0 Å². The van der Waals surface area contributed by atoms with E-state index < -0.39 is 5.54 Å². The quantitative estimate of drug-likeness (QED) is 0.778. The molecular formula is C22H24N2O3S. The zero-order valence-corrected chi connectivity index (χ0v) is 16.8. The number of hydrogen-bond donors (Lipinski definition) is 1. The van der Waals surface area contributed by atoms with Crippen molar-refractivity contribution in [2.24, 2.45) is 0 Å². The molecule has 0 aromatic heterocycles. The van der Waals surface area contributed by atoms with Crippen molar-refractivity contribution in [1.82, 2.24) is 4.90 Å². The van der Waals surface area contributed by atoms with Gasteiger partial charge in [-0.1, -0.05) is 24.3 Å². The van der Waals surface area contributed by atoms with Crippen molar-refractivity contribution >= 4 is 29.3 Å². The molecule has 0 unspecified atom stereocenters. The molecule has 0 aliphatic carbocycles. The van der Waals surface area contributed by atoms with Gasteiger partial charge in [0.25, 0.3) is 5.91 Å². The standard InChI is InChI=1S/C22H24N2O3S/c1-28-18-7-4-6-17(13-18)23-20(25)14-22(9-11-27-12-10-22)24-15-16-5-2-3-8-19(16)21(24)26/h2-8,13H,9-12,14-15H2,1H3,(H,23,25). The first-order chi connectivity index (χ1) is 13.6. The number of rotatable bonds is 5. The van der Waals surface area contributed by atoms with E-state index in [2.05, 4.69) is 5.32 Å². The van der Waals surface area contributed by atoms with Crippen LogP contribution in [-0.4, -0.2) is 41.7 Å². The van der Waals surface area contributed by atoms with Gasteiger partial charge < -0.3 is 15.0 Å². The minimum Gasteiger partial charge on any atom is -0.381 e. The Morgan fingerprint density at radius 2 is 1.96 bits per heavy atom. The molecule has 2 aliphatic heterocycles. The van der Waals surface area contributed by atoms with Crippen LogP contribution in [0.25, 0.3) is 0 Å². The minimum absolute atomic E-state index is 0.0229. The van der Waals surface area contributed by atoms with Crippen molar-refractivity contribution < 1.29 is 14.3 Å². The van der Waals surface area contributed by atoms with Crippen molar-refractivity contribution in [2.75, 3.05) is 24.8 Å². The maximum atomic E-state index is 13.1. The van der Waals surface area contributed by atoms with Crippen LogP contribution < -0.4 is 5.32 Å². The van der Waals surface area contributed by atoms with Crippen LogP contribution in [0.3, 0.4) is 0 Å². The summed E-state index contributed by atoms with van der Waals surface area (Å²) in [4.78, 5) is 29.0. The highest BCUT2D eigenvalue weighted by Gasteiger charge is 2.46. The molecule has 146 valence electrons. The smallest absolute Gasteiger partial charge is 0.254 e. The maximum absolute atomic E-state index is 13.1. The fraction of sp³-hybridized carbons (Fsp3) is 0.364. The van der Waals surface area contributed by atoms with Gasteiger partial charge in [0, 0.05) is 35.9 Å². The van der Waals surface area contributed by atoms with Gasteiger partial charge in [-0.3, -0.25) is 9.59 Å². The average molecular weight is 397 g/mol. The van der Waals surface area contributed by atoms with Crippen LogP contribution in [0.2, 0.25) is 0 Å². The lowest BCUT2D eigenvalue weighted by molar-refractivity contribution is -0.120. The molecule has 6 heteroatoms.